The third kappa shape index (κ3) is 1.99. The molecule has 6 nitrogen and oxygen atoms in total. The van der Waals surface area contributed by atoms with Crippen LogP contribution in [0.4, 0.5) is 0 Å². The van der Waals surface area contributed by atoms with Crippen molar-refractivity contribution < 1.29 is 14.3 Å². The number of hydrogen-bond donors (Lipinski definition) is 2. The van der Waals surface area contributed by atoms with E-state index in [-0.39, 0.29) is 11.8 Å². The largest absolute Gasteiger partial charge is 0.494 e. The summed E-state index contributed by atoms with van der Waals surface area (Å²) in [5.41, 5.74) is 6.36. The van der Waals surface area contributed by atoms with Crippen molar-refractivity contribution in [2.75, 3.05) is 7.11 Å². The number of hydrogen-bond acceptors (Lipinski definition) is 3. The predicted octanol–water partition coefficient (Wildman–Crippen LogP) is 4.36. The number of H-pyrrole nitrogens is 1. The molecule has 7 heteroatoms. The summed E-state index contributed by atoms with van der Waals surface area (Å²) in [7, 11) is 1.63. The van der Waals surface area contributed by atoms with Crippen LogP contribution < -0.4 is 10.1 Å². The van der Waals surface area contributed by atoms with Crippen molar-refractivity contribution in [1.82, 2.24) is 14.9 Å². The smallest absolute Gasteiger partial charge is 0.250 e. The van der Waals surface area contributed by atoms with Gasteiger partial charge in [0.25, 0.3) is 5.91 Å². The van der Waals surface area contributed by atoms with Crippen LogP contribution >= 0.6 is 11.6 Å². The summed E-state index contributed by atoms with van der Waals surface area (Å²) in [6, 6.07) is 9.02. The molecule has 2 unspecified atom stereocenters. The molecular weight excluding hydrogens is 402 g/mol. The van der Waals surface area contributed by atoms with E-state index in [1.807, 2.05) is 29.7 Å². The maximum Gasteiger partial charge on any atom is 0.250 e. The van der Waals surface area contributed by atoms with E-state index in [9.17, 15) is 9.59 Å². The van der Waals surface area contributed by atoms with Crippen LogP contribution in [0.15, 0.2) is 30.3 Å². The van der Waals surface area contributed by atoms with Crippen LogP contribution in [0.25, 0.3) is 33.2 Å². The van der Waals surface area contributed by atoms with Crippen LogP contribution in [-0.2, 0) is 9.59 Å². The Balaban J connectivity index is 1.84. The lowest BCUT2D eigenvalue weighted by atomic mass is 9.86. The molecule has 2 N–H and O–H groups in total. The van der Waals surface area contributed by atoms with E-state index in [2.05, 4.69) is 29.4 Å². The Bertz CT molecular complexity index is 1450. The number of benzene rings is 2. The van der Waals surface area contributed by atoms with Gasteiger partial charge in [-0.05, 0) is 55.3 Å². The Hall–Kier alpha value is -3.25. The van der Waals surface area contributed by atoms with E-state index in [1.54, 1.807) is 7.11 Å². The highest BCUT2D eigenvalue weighted by molar-refractivity contribution is 6.31. The second-order valence-electron chi connectivity index (χ2n) is 8.09. The summed E-state index contributed by atoms with van der Waals surface area (Å²) >= 11 is 6.27. The highest BCUT2D eigenvalue weighted by Crippen LogP contribution is 2.54. The number of halogens is 1. The van der Waals surface area contributed by atoms with E-state index >= 15 is 0 Å². The van der Waals surface area contributed by atoms with Gasteiger partial charge in [0.2, 0.25) is 5.91 Å². The summed E-state index contributed by atoms with van der Waals surface area (Å²) in [6.07, 6.45) is 0. The van der Waals surface area contributed by atoms with Crippen molar-refractivity contribution in [2.24, 2.45) is 0 Å². The van der Waals surface area contributed by atoms with Gasteiger partial charge in [0.1, 0.15) is 11.7 Å². The molecule has 6 rings (SSSR count). The third-order valence-electron chi connectivity index (χ3n) is 6.52. The Kier molecular flexibility index (Phi) is 3.32. The van der Waals surface area contributed by atoms with Crippen molar-refractivity contribution in [3.63, 3.8) is 0 Å². The van der Waals surface area contributed by atoms with Gasteiger partial charge >= 0.3 is 0 Å². The van der Waals surface area contributed by atoms with E-state index in [1.165, 1.54) is 0 Å². The van der Waals surface area contributed by atoms with Gasteiger partial charge in [0.15, 0.2) is 5.75 Å². The molecule has 0 aliphatic carbocycles. The number of nitrogens with one attached hydrogen (secondary N) is 2. The first-order chi connectivity index (χ1) is 14.4. The number of aromatic nitrogens is 2. The minimum absolute atomic E-state index is 0.289. The number of rotatable bonds is 1. The predicted molar refractivity (Wildman–Crippen MR) is 115 cm³/mol. The minimum atomic E-state index is -0.675. The Morgan fingerprint density at radius 3 is 2.57 bits per heavy atom. The zero-order valence-corrected chi connectivity index (χ0v) is 17.3. The van der Waals surface area contributed by atoms with Crippen molar-refractivity contribution in [3.8, 4) is 17.1 Å². The van der Waals surface area contributed by atoms with Crippen LogP contribution in [0.1, 0.15) is 28.7 Å². The standard InChI is InChI=1S/C23H18ClN3O3/c1-9-6-13-15(7-10(9)2)27-19-17(22(28)26-23(19)29)16-12-8-11(24)4-5-14(12)25-18(16)20(27)21(13)30-3/h4-8,17,19,25H,1-3H3,(H,26,28,29). The molecule has 0 bridgehead atoms. The van der Waals surface area contributed by atoms with Gasteiger partial charge in [-0.2, -0.15) is 0 Å². The first-order valence-corrected chi connectivity index (χ1v) is 10.1. The molecule has 2 aliphatic heterocycles. The normalized spacial score (nSPS) is 19.7. The van der Waals surface area contributed by atoms with Gasteiger partial charge in [0, 0.05) is 26.9 Å². The molecular formula is C23H18ClN3O3. The number of carbonyl (C=O) groups excluding carboxylic acids is 2. The van der Waals surface area contributed by atoms with E-state index in [0.717, 1.165) is 49.9 Å². The van der Waals surface area contributed by atoms with Crippen molar-refractivity contribution in [1.29, 1.82) is 0 Å². The Labute approximate surface area is 176 Å². The molecule has 4 aromatic rings. The second-order valence-corrected chi connectivity index (χ2v) is 8.52. The molecule has 2 amide bonds. The minimum Gasteiger partial charge on any atom is -0.494 e. The number of aromatic amines is 1. The average molecular weight is 420 g/mol. The highest BCUT2D eigenvalue weighted by Gasteiger charge is 2.51. The fraction of sp³-hybridized carbons (Fsp3) is 0.217. The summed E-state index contributed by atoms with van der Waals surface area (Å²) < 4.78 is 7.83. The van der Waals surface area contributed by atoms with Gasteiger partial charge < -0.3 is 14.3 Å². The van der Waals surface area contributed by atoms with Gasteiger partial charge in [-0.15, -0.1) is 0 Å². The third-order valence-corrected chi connectivity index (χ3v) is 6.75. The zero-order valence-electron chi connectivity index (χ0n) is 16.6. The van der Waals surface area contributed by atoms with Crippen LogP contribution in [0.5, 0.6) is 5.75 Å². The van der Waals surface area contributed by atoms with E-state index in [4.69, 9.17) is 16.3 Å². The topological polar surface area (TPSA) is 76.1 Å². The van der Waals surface area contributed by atoms with Crippen LogP contribution in [0, 0.1) is 13.8 Å². The molecule has 0 radical (unpaired) electrons. The maximum absolute atomic E-state index is 13.0. The number of imide groups is 1. The Morgan fingerprint density at radius 2 is 1.80 bits per heavy atom. The molecule has 4 heterocycles. The fourth-order valence-corrected chi connectivity index (χ4v) is 5.26. The lowest BCUT2D eigenvalue weighted by Gasteiger charge is -2.27. The lowest BCUT2D eigenvalue weighted by Crippen LogP contribution is -2.26. The fourth-order valence-electron chi connectivity index (χ4n) is 5.09. The molecule has 2 aliphatic rings. The van der Waals surface area contributed by atoms with E-state index in [0.29, 0.717) is 10.8 Å². The number of ether oxygens (including phenoxy) is 1. The maximum atomic E-state index is 13.0. The molecule has 1 saturated heterocycles. The molecule has 150 valence electrons. The van der Waals surface area contributed by atoms with E-state index < -0.39 is 12.0 Å². The Morgan fingerprint density at radius 1 is 1.03 bits per heavy atom. The number of amides is 2. The van der Waals surface area contributed by atoms with Crippen LogP contribution in [0.3, 0.4) is 0 Å². The van der Waals surface area contributed by atoms with Crippen molar-refractivity contribution >= 4 is 45.2 Å². The molecule has 30 heavy (non-hydrogen) atoms. The summed E-state index contributed by atoms with van der Waals surface area (Å²) in [4.78, 5) is 29.4. The first kappa shape index (κ1) is 17.6. The summed E-state index contributed by atoms with van der Waals surface area (Å²) in [5.74, 6) is -0.528. The monoisotopic (exact) mass is 419 g/mol. The van der Waals surface area contributed by atoms with Gasteiger partial charge in [-0.1, -0.05) is 11.6 Å². The molecule has 2 atom stereocenters. The number of fused-ring (bicyclic) bond motifs is 10. The second kappa shape index (κ2) is 5.67. The quantitative estimate of drug-likeness (QED) is 0.450. The van der Waals surface area contributed by atoms with Crippen molar-refractivity contribution in [3.05, 3.63) is 52.0 Å². The summed E-state index contributed by atoms with van der Waals surface area (Å²) in [6.45, 7) is 4.09. The highest BCUT2D eigenvalue weighted by atomic mass is 35.5. The number of methoxy groups -OCH3 is 1. The average Bonchev–Trinajstić information content (AvgIpc) is 3.31. The summed E-state index contributed by atoms with van der Waals surface area (Å²) in [5, 5.41) is 4.89. The molecule has 2 aromatic heterocycles. The van der Waals surface area contributed by atoms with Crippen LogP contribution in [-0.4, -0.2) is 28.5 Å². The number of nitrogens with zero attached hydrogens (tertiary/aromatic N) is 1. The van der Waals surface area contributed by atoms with Gasteiger partial charge in [-0.25, -0.2) is 0 Å². The van der Waals surface area contributed by atoms with Crippen molar-refractivity contribution in [2.45, 2.75) is 25.8 Å². The molecule has 2 aromatic carbocycles. The van der Waals surface area contributed by atoms with Crippen LogP contribution in [0.2, 0.25) is 5.02 Å². The molecule has 1 fully saturated rings. The first-order valence-electron chi connectivity index (χ1n) is 9.76. The SMILES string of the molecule is COc1c2n(c3cc(C)c(C)cc13)C1C(=O)NC(=O)C1c1c-2[nH]c2ccc(Cl)cc12. The lowest BCUT2D eigenvalue weighted by molar-refractivity contribution is -0.125. The molecule has 0 saturated carbocycles. The molecule has 0 spiro atoms. The van der Waals surface area contributed by atoms with Gasteiger partial charge in [0.05, 0.1) is 24.2 Å². The number of aryl methyl sites for hydroxylation is 2. The van der Waals surface area contributed by atoms with Gasteiger partial charge in [-0.3, -0.25) is 14.9 Å². The number of carbonyl (C=O) groups is 2. The zero-order chi connectivity index (χ0) is 20.9.